The number of rotatable bonds is 5. The largest absolute Gasteiger partial charge is 0.482 e. The highest BCUT2D eigenvalue weighted by Gasteiger charge is 2.18. The summed E-state index contributed by atoms with van der Waals surface area (Å²) in [6.07, 6.45) is 0. The first-order valence-corrected chi connectivity index (χ1v) is 7.91. The average Bonchev–Trinajstić information content (AvgIpc) is 3.03. The number of benzene rings is 2. The van der Waals surface area contributed by atoms with E-state index < -0.39 is 5.97 Å². The van der Waals surface area contributed by atoms with Crippen molar-refractivity contribution < 1.29 is 23.7 Å². The van der Waals surface area contributed by atoms with Crippen LogP contribution in [0.1, 0.15) is 11.1 Å². The molecular formula is C17H14Cl2O5. The van der Waals surface area contributed by atoms with Gasteiger partial charge in [0.15, 0.2) is 18.1 Å². The maximum absolute atomic E-state index is 11.8. The Morgan fingerprint density at radius 1 is 1.17 bits per heavy atom. The third kappa shape index (κ3) is 3.86. The fourth-order valence-electron chi connectivity index (χ4n) is 2.16. The van der Waals surface area contributed by atoms with E-state index in [9.17, 15) is 4.79 Å². The standard InChI is InChI=1S/C17H14Cl2O5/c1-10-4-12(2-3-13(10)18)21-8-16(20)22-7-11-5-14(19)17-15(6-11)23-9-24-17/h2-6H,7-9H2,1H3. The molecule has 0 aromatic heterocycles. The van der Waals surface area contributed by atoms with Gasteiger partial charge in [0.1, 0.15) is 12.4 Å². The molecule has 24 heavy (non-hydrogen) atoms. The minimum atomic E-state index is -0.489. The highest BCUT2D eigenvalue weighted by atomic mass is 35.5. The van der Waals surface area contributed by atoms with Gasteiger partial charge < -0.3 is 18.9 Å². The van der Waals surface area contributed by atoms with E-state index >= 15 is 0 Å². The Labute approximate surface area is 149 Å². The van der Waals surface area contributed by atoms with Crippen molar-refractivity contribution in [2.75, 3.05) is 13.4 Å². The molecule has 0 bridgehead atoms. The fraction of sp³-hybridized carbons (Fsp3) is 0.235. The summed E-state index contributed by atoms with van der Waals surface area (Å²) in [4.78, 5) is 11.8. The third-order valence-electron chi connectivity index (χ3n) is 3.37. The third-order valence-corrected chi connectivity index (χ3v) is 4.08. The van der Waals surface area contributed by atoms with Gasteiger partial charge in [-0.1, -0.05) is 23.2 Å². The molecule has 2 aromatic rings. The summed E-state index contributed by atoms with van der Waals surface area (Å²) in [6.45, 7) is 1.86. The molecule has 0 saturated heterocycles. The number of hydrogen-bond acceptors (Lipinski definition) is 5. The van der Waals surface area contributed by atoms with Crippen LogP contribution in [0.25, 0.3) is 0 Å². The van der Waals surface area contributed by atoms with Crippen LogP contribution in [0.15, 0.2) is 30.3 Å². The molecule has 126 valence electrons. The van der Waals surface area contributed by atoms with Gasteiger partial charge >= 0.3 is 5.97 Å². The summed E-state index contributed by atoms with van der Waals surface area (Å²) in [6, 6.07) is 8.57. The van der Waals surface area contributed by atoms with E-state index in [2.05, 4.69) is 0 Å². The number of fused-ring (bicyclic) bond motifs is 1. The summed E-state index contributed by atoms with van der Waals surface area (Å²) in [5, 5.41) is 1.06. The van der Waals surface area contributed by atoms with Crippen LogP contribution in [0.4, 0.5) is 0 Å². The molecule has 0 spiro atoms. The second-order valence-corrected chi connectivity index (χ2v) is 5.99. The lowest BCUT2D eigenvalue weighted by Crippen LogP contribution is -2.14. The SMILES string of the molecule is Cc1cc(OCC(=O)OCc2cc(Cl)c3c(c2)OCO3)ccc1Cl. The van der Waals surface area contributed by atoms with Crippen molar-refractivity contribution in [1.29, 1.82) is 0 Å². The second-order valence-electron chi connectivity index (χ2n) is 5.17. The van der Waals surface area contributed by atoms with Crippen LogP contribution in [-0.2, 0) is 16.1 Å². The summed E-state index contributed by atoms with van der Waals surface area (Å²) < 4.78 is 21.1. The molecule has 0 amide bonds. The Kier molecular flexibility index (Phi) is 5.02. The van der Waals surface area contributed by atoms with E-state index in [-0.39, 0.29) is 20.0 Å². The molecule has 0 atom stereocenters. The van der Waals surface area contributed by atoms with E-state index in [0.717, 1.165) is 5.56 Å². The molecule has 0 saturated carbocycles. The first kappa shape index (κ1) is 16.7. The molecule has 1 aliphatic heterocycles. The number of carbonyl (C=O) groups is 1. The fourth-order valence-corrected chi connectivity index (χ4v) is 2.56. The van der Waals surface area contributed by atoms with Crippen molar-refractivity contribution >= 4 is 29.2 Å². The minimum Gasteiger partial charge on any atom is -0.482 e. The van der Waals surface area contributed by atoms with Crippen LogP contribution in [0.3, 0.4) is 0 Å². The Bertz CT molecular complexity index is 776. The van der Waals surface area contributed by atoms with E-state index in [0.29, 0.717) is 32.9 Å². The molecule has 0 aliphatic carbocycles. The Morgan fingerprint density at radius 2 is 2.00 bits per heavy atom. The number of hydrogen-bond donors (Lipinski definition) is 0. The highest BCUT2D eigenvalue weighted by Crippen LogP contribution is 2.39. The lowest BCUT2D eigenvalue weighted by molar-refractivity contribution is -0.147. The molecule has 0 unspecified atom stereocenters. The van der Waals surface area contributed by atoms with Crippen LogP contribution in [0.5, 0.6) is 17.2 Å². The van der Waals surface area contributed by atoms with Gasteiger partial charge in [0.05, 0.1) is 5.02 Å². The van der Waals surface area contributed by atoms with Gasteiger partial charge in [0.25, 0.3) is 0 Å². The number of esters is 1. The predicted octanol–water partition coefficient (Wildman–Crippen LogP) is 4.15. The maximum atomic E-state index is 11.8. The topological polar surface area (TPSA) is 54.0 Å². The Hall–Kier alpha value is -2.11. The normalized spacial score (nSPS) is 12.1. The van der Waals surface area contributed by atoms with Gasteiger partial charge in [-0.2, -0.15) is 0 Å². The summed E-state index contributed by atoms with van der Waals surface area (Å²) in [5.74, 6) is 1.12. The van der Waals surface area contributed by atoms with Crippen molar-refractivity contribution in [2.24, 2.45) is 0 Å². The van der Waals surface area contributed by atoms with Crippen molar-refractivity contribution in [2.45, 2.75) is 13.5 Å². The van der Waals surface area contributed by atoms with Crippen LogP contribution in [0, 0.1) is 6.92 Å². The van der Waals surface area contributed by atoms with Gasteiger partial charge in [-0.25, -0.2) is 4.79 Å². The van der Waals surface area contributed by atoms with Crippen molar-refractivity contribution in [1.82, 2.24) is 0 Å². The number of aryl methyl sites for hydroxylation is 1. The summed E-state index contributed by atoms with van der Waals surface area (Å²) in [7, 11) is 0. The molecule has 3 rings (SSSR count). The lowest BCUT2D eigenvalue weighted by Gasteiger charge is -2.09. The van der Waals surface area contributed by atoms with Crippen LogP contribution >= 0.6 is 23.2 Å². The molecular weight excluding hydrogens is 355 g/mol. The van der Waals surface area contributed by atoms with Crippen LogP contribution < -0.4 is 14.2 Å². The number of carbonyl (C=O) groups excluding carboxylic acids is 1. The van der Waals surface area contributed by atoms with Gasteiger partial charge in [0, 0.05) is 5.02 Å². The highest BCUT2D eigenvalue weighted by molar-refractivity contribution is 6.32. The van der Waals surface area contributed by atoms with Crippen molar-refractivity contribution in [3.05, 3.63) is 51.5 Å². The zero-order chi connectivity index (χ0) is 17.1. The van der Waals surface area contributed by atoms with E-state index in [1.165, 1.54) is 0 Å². The molecule has 0 radical (unpaired) electrons. The Morgan fingerprint density at radius 3 is 2.79 bits per heavy atom. The number of halogens is 2. The zero-order valence-electron chi connectivity index (χ0n) is 12.8. The van der Waals surface area contributed by atoms with E-state index in [4.69, 9.17) is 42.1 Å². The predicted molar refractivity (Wildman–Crippen MR) is 89.1 cm³/mol. The zero-order valence-corrected chi connectivity index (χ0v) is 14.3. The van der Waals surface area contributed by atoms with Gasteiger partial charge in [0.2, 0.25) is 6.79 Å². The Balaban J connectivity index is 1.52. The van der Waals surface area contributed by atoms with Gasteiger partial charge in [-0.15, -0.1) is 0 Å². The minimum absolute atomic E-state index is 0.0677. The van der Waals surface area contributed by atoms with E-state index in [1.807, 2.05) is 6.92 Å². The summed E-state index contributed by atoms with van der Waals surface area (Å²) >= 11 is 12.0. The smallest absolute Gasteiger partial charge is 0.344 e. The second kappa shape index (κ2) is 7.20. The summed E-state index contributed by atoms with van der Waals surface area (Å²) in [5.41, 5.74) is 1.58. The van der Waals surface area contributed by atoms with Crippen LogP contribution in [0.2, 0.25) is 10.0 Å². The van der Waals surface area contributed by atoms with Crippen molar-refractivity contribution in [3.63, 3.8) is 0 Å². The maximum Gasteiger partial charge on any atom is 0.344 e. The monoisotopic (exact) mass is 368 g/mol. The average molecular weight is 369 g/mol. The molecule has 2 aromatic carbocycles. The molecule has 7 heteroatoms. The first-order chi connectivity index (χ1) is 11.5. The molecule has 1 aliphatic rings. The quantitative estimate of drug-likeness (QED) is 0.741. The van der Waals surface area contributed by atoms with Crippen molar-refractivity contribution in [3.8, 4) is 17.2 Å². The van der Waals surface area contributed by atoms with E-state index in [1.54, 1.807) is 30.3 Å². The number of ether oxygens (including phenoxy) is 4. The molecule has 5 nitrogen and oxygen atoms in total. The first-order valence-electron chi connectivity index (χ1n) is 7.15. The van der Waals surface area contributed by atoms with Crippen LogP contribution in [-0.4, -0.2) is 19.4 Å². The van der Waals surface area contributed by atoms with Gasteiger partial charge in [-0.3, -0.25) is 0 Å². The molecule has 1 heterocycles. The molecule has 0 fully saturated rings. The lowest BCUT2D eigenvalue weighted by atomic mass is 10.2. The van der Waals surface area contributed by atoms with Gasteiger partial charge in [-0.05, 0) is 48.4 Å². The molecule has 0 N–H and O–H groups in total.